The molecule has 1 saturated heterocycles. The lowest BCUT2D eigenvalue weighted by molar-refractivity contribution is -0.245. The van der Waals surface area contributed by atoms with Gasteiger partial charge in [0.15, 0.2) is 11.4 Å². The maximum absolute atomic E-state index is 11.7. The fourth-order valence-corrected chi connectivity index (χ4v) is 4.65. The first-order valence-electron chi connectivity index (χ1n) is 11.6. The van der Waals surface area contributed by atoms with E-state index in [-0.39, 0.29) is 25.4 Å². The molecule has 0 saturated carbocycles. The number of benzene rings is 2. The molecule has 2 aromatic carbocycles. The fourth-order valence-electron chi connectivity index (χ4n) is 3.75. The van der Waals surface area contributed by atoms with Gasteiger partial charge in [-0.2, -0.15) is 0 Å². The molecule has 2 N–H and O–H groups in total. The Bertz CT molecular complexity index is 1140. The summed E-state index contributed by atoms with van der Waals surface area (Å²) in [5.41, 5.74) is 3.70. The maximum atomic E-state index is 11.7. The maximum Gasteiger partial charge on any atom is 0.407 e. The van der Waals surface area contributed by atoms with Crippen molar-refractivity contribution in [1.82, 2.24) is 20.1 Å². The van der Waals surface area contributed by atoms with E-state index in [1.165, 1.54) is 6.08 Å². The van der Waals surface area contributed by atoms with Gasteiger partial charge in [0.25, 0.3) is 0 Å². The Hall–Kier alpha value is -3.18. The van der Waals surface area contributed by atoms with Crippen molar-refractivity contribution in [2.24, 2.45) is 7.05 Å². The molecule has 1 fully saturated rings. The lowest BCUT2D eigenvalue weighted by atomic mass is 10.0. The number of hydrogen-bond acceptors (Lipinski definition) is 8. The minimum Gasteiger partial charge on any atom is -0.445 e. The zero-order valence-corrected chi connectivity index (χ0v) is 20.9. The molecule has 1 aliphatic rings. The van der Waals surface area contributed by atoms with Gasteiger partial charge < -0.3 is 29.2 Å². The largest absolute Gasteiger partial charge is 0.445 e. The van der Waals surface area contributed by atoms with E-state index in [9.17, 15) is 9.90 Å². The molecule has 0 unspecified atom stereocenters. The van der Waals surface area contributed by atoms with E-state index in [0.29, 0.717) is 18.7 Å². The number of aryl methyl sites for hydroxylation is 1. The number of carbonyl (C=O) groups excluding carboxylic acids is 1. The third kappa shape index (κ3) is 6.94. The molecule has 0 aliphatic carbocycles. The molecule has 4 rings (SSSR count). The average Bonchev–Trinajstić information content (AvgIpc) is 3.34. The molecular formula is C26H30N4O5S. The van der Waals surface area contributed by atoms with Crippen molar-refractivity contribution < 1.29 is 24.1 Å². The summed E-state index contributed by atoms with van der Waals surface area (Å²) >= 11 is 1.60. The summed E-state index contributed by atoms with van der Waals surface area (Å²) in [5.74, 6) is 0.701. The number of aliphatic hydroxyl groups excluding tert-OH is 1. The smallest absolute Gasteiger partial charge is 0.407 e. The van der Waals surface area contributed by atoms with Crippen LogP contribution in [0.1, 0.15) is 41.1 Å². The molecule has 0 spiro atoms. The Morgan fingerprint density at radius 3 is 2.58 bits per heavy atom. The van der Waals surface area contributed by atoms with Crippen molar-refractivity contribution in [3.8, 4) is 0 Å². The Balaban J connectivity index is 1.45. The fraction of sp³-hybridized carbons (Fsp3) is 0.346. The Morgan fingerprint density at radius 2 is 1.92 bits per heavy atom. The van der Waals surface area contributed by atoms with E-state index in [0.717, 1.165) is 27.4 Å². The molecule has 3 aromatic rings. The average molecular weight is 511 g/mol. The van der Waals surface area contributed by atoms with Crippen LogP contribution in [0, 0.1) is 0 Å². The first kappa shape index (κ1) is 25.9. The molecule has 1 amide bonds. The van der Waals surface area contributed by atoms with Gasteiger partial charge in [0.1, 0.15) is 12.9 Å². The monoisotopic (exact) mass is 510 g/mol. The molecule has 3 atom stereocenters. The number of nitrogens with one attached hydrogen (secondary N) is 1. The third-order valence-electron chi connectivity index (χ3n) is 5.70. The molecule has 2 heterocycles. The first-order valence-corrected chi connectivity index (χ1v) is 12.6. The number of thioether (sulfide) groups is 1. The number of alkyl carbamates (subject to hydrolysis) is 1. The predicted molar refractivity (Wildman–Crippen MR) is 135 cm³/mol. The van der Waals surface area contributed by atoms with Crippen LogP contribution in [0.5, 0.6) is 0 Å². The van der Waals surface area contributed by atoms with Gasteiger partial charge in [-0.3, -0.25) is 0 Å². The van der Waals surface area contributed by atoms with Gasteiger partial charge in [0, 0.05) is 31.3 Å². The number of hydrogen-bond donors (Lipinski definition) is 2. The number of amides is 1. The van der Waals surface area contributed by atoms with Crippen LogP contribution in [0.15, 0.2) is 72.7 Å². The number of carbonyl (C=O) groups is 1. The molecule has 0 bridgehead atoms. The van der Waals surface area contributed by atoms with E-state index in [4.69, 9.17) is 14.2 Å². The number of ether oxygens (including phenoxy) is 3. The summed E-state index contributed by atoms with van der Waals surface area (Å²) in [7, 11) is 1.91. The summed E-state index contributed by atoms with van der Waals surface area (Å²) in [6.45, 7) is 4.04. The van der Waals surface area contributed by atoms with Gasteiger partial charge in [-0.1, -0.05) is 72.9 Å². The predicted octanol–water partition coefficient (Wildman–Crippen LogP) is 4.06. The van der Waals surface area contributed by atoms with Crippen LogP contribution in [0.25, 0.3) is 0 Å². The highest BCUT2D eigenvalue weighted by Gasteiger charge is 2.32. The van der Waals surface area contributed by atoms with Gasteiger partial charge in [0.2, 0.25) is 0 Å². The van der Waals surface area contributed by atoms with Crippen molar-refractivity contribution >= 4 is 17.9 Å². The van der Waals surface area contributed by atoms with Crippen molar-refractivity contribution in [1.29, 1.82) is 0 Å². The Kier molecular flexibility index (Phi) is 9.12. The second-order valence-electron chi connectivity index (χ2n) is 8.37. The van der Waals surface area contributed by atoms with Crippen molar-refractivity contribution in [3.05, 3.63) is 89.8 Å². The zero-order chi connectivity index (χ0) is 25.3. The normalized spacial score (nSPS) is 19.6. The van der Waals surface area contributed by atoms with Crippen molar-refractivity contribution in [3.63, 3.8) is 0 Å². The van der Waals surface area contributed by atoms with E-state index in [1.807, 2.05) is 60.1 Å². The highest BCUT2D eigenvalue weighted by molar-refractivity contribution is 7.99. The number of rotatable bonds is 10. The summed E-state index contributed by atoms with van der Waals surface area (Å²) in [6, 6.07) is 15.6. The summed E-state index contributed by atoms with van der Waals surface area (Å²) in [4.78, 5) is 11.7. The van der Waals surface area contributed by atoms with Gasteiger partial charge in [0.05, 0.1) is 18.8 Å². The van der Waals surface area contributed by atoms with Crippen LogP contribution in [0.3, 0.4) is 0 Å². The number of aromatic nitrogens is 3. The van der Waals surface area contributed by atoms with Crippen LogP contribution in [0.4, 0.5) is 4.79 Å². The molecule has 190 valence electrons. The SMILES string of the molecule is C=CCOC(=O)NCc1ccc([C@H]2O[C@@H](CSc3nncn3C)C[C@@H](c3ccc(CO)cc3)O2)cc1. The summed E-state index contributed by atoms with van der Waals surface area (Å²) < 4.78 is 19.5. The minimum absolute atomic E-state index is 0.00168. The zero-order valence-electron chi connectivity index (χ0n) is 20.1. The molecular weight excluding hydrogens is 480 g/mol. The molecule has 0 radical (unpaired) electrons. The van der Waals surface area contributed by atoms with Crippen molar-refractivity contribution in [2.45, 2.75) is 43.2 Å². The Labute approximate surface area is 214 Å². The molecule has 1 aliphatic heterocycles. The van der Waals surface area contributed by atoms with Gasteiger partial charge in [-0.25, -0.2) is 4.79 Å². The highest BCUT2D eigenvalue weighted by atomic mass is 32.2. The van der Waals surface area contributed by atoms with Gasteiger partial charge in [-0.15, -0.1) is 10.2 Å². The van der Waals surface area contributed by atoms with Crippen LogP contribution < -0.4 is 5.32 Å². The Morgan fingerprint density at radius 1 is 1.19 bits per heavy atom. The van der Waals surface area contributed by atoms with Crippen molar-refractivity contribution in [2.75, 3.05) is 12.4 Å². The van der Waals surface area contributed by atoms with E-state index in [1.54, 1.807) is 18.1 Å². The topological polar surface area (TPSA) is 108 Å². The van der Waals surface area contributed by atoms with Crippen LogP contribution in [0.2, 0.25) is 0 Å². The van der Waals surface area contributed by atoms with E-state index < -0.39 is 12.4 Å². The standard InChI is InChI=1S/C26H30N4O5S/c1-3-12-33-26(32)27-14-18-4-10-21(11-5-18)24-34-22(16-36-25-29-28-17-30(25)2)13-23(35-24)20-8-6-19(15-31)7-9-20/h3-11,17,22-24,31H,1,12-16H2,2H3,(H,27,32)/t22-,23+,24+/m1/s1. The summed E-state index contributed by atoms with van der Waals surface area (Å²) in [5, 5.41) is 21.0. The lowest BCUT2D eigenvalue weighted by Gasteiger charge is -2.36. The van der Waals surface area contributed by atoms with Crippen LogP contribution in [-0.2, 0) is 34.4 Å². The molecule has 9 nitrogen and oxygen atoms in total. The molecule has 10 heteroatoms. The van der Waals surface area contributed by atoms with Crippen LogP contribution >= 0.6 is 11.8 Å². The third-order valence-corrected chi connectivity index (χ3v) is 6.87. The van der Waals surface area contributed by atoms with E-state index in [2.05, 4.69) is 22.1 Å². The quantitative estimate of drug-likeness (QED) is 0.311. The summed E-state index contributed by atoms with van der Waals surface area (Å²) in [6.07, 6.45) is 2.61. The van der Waals surface area contributed by atoms with Gasteiger partial charge in [-0.05, 0) is 16.7 Å². The van der Waals surface area contributed by atoms with Crippen LogP contribution in [-0.4, -0.2) is 44.4 Å². The number of nitrogens with zero attached hydrogens (tertiary/aromatic N) is 3. The van der Waals surface area contributed by atoms with Gasteiger partial charge >= 0.3 is 6.09 Å². The second kappa shape index (κ2) is 12.7. The lowest BCUT2D eigenvalue weighted by Crippen LogP contribution is -2.31. The number of aliphatic hydroxyl groups is 1. The van der Waals surface area contributed by atoms with E-state index >= 15 is 0 Å². The minimum atomic E-state index is -0.550. The molecule has 1 aromatic heterocycles. The molecule has 36 heavy (non-hydrogen) atoms. The highest BCUT2D eigenvalue weighted by Crippen LogP contribution is 2.39. The second-order valence-corrected chi connectivity index (χ2v) is 9.35. The first-order chi connectivity index (χ1) is 17.6.